The van der Waals surface area contributed by atoms with Gasteiger partial charge >= 0.3 is 0 Å². The van der Waals surface area contributed by atoms with E-state index in [1.165, 1.54) is 77.1 Å². The summed E-state index contributed by atoms with van der Waals surface area (Å²) in [6.07, 6.45) is 10.0. The van der Waals surface area contributed by atoms with E-state index in [-0.39, 0.29) is 0 Å². The summed E-state index contributed by atoms with van der Waals surface area (Å²) < 4.78 is 0. The standard InChI is InChI=1S/C19H34N4/c1-2-20-19(23-13-16-5-3-4-6-17(16)14-23)21-11-15-9-10-22(12-15)18-7-8-18/h15-18H,2-14H2,1H3,(H,20,21). The highest BCUT2D eigenvalue weighted by molar-refractivity contribution is 5.80. The largest absolute Gasteiger partial charge is 0.357 e. The van der Waals surface area contributed by atoms with E-state index in [0.717, 1.165) is 36.9 Å². The number of guanidine groups is 1. The predicted molar refractivity (Wildman–Crippen MR) is 95.7 cm³/mol. The Morgan fingerprint density at radius 2 is 1.74 bits per heavy atom. The van der Waals surface area contributed by atoms with Crippen molar-refractivity contribution in [1.29, 1.82) is 0 Å². The monoisotopic (exact) mass is 318 g/mol. The van der Waals surface area contributed by atoms with E-state index in [1.807, 2.05) is 0 Å². The molecular weight excluding hydrogens is 284 g/mol. The van der Waals surface area contributed by atoms with E-state index in [4.69, 9.17) is 4.99 Å². The average molecular weight is 319 g/mol. The number of hydrogen-bond acceptors (Lipinski definition) is 2. The van der Waals surface area contributed by atoms with Crippen LogP contribution in [0.25, 0.3) is 0 Å². The van der Waals surface area contributed by atoms with E-state index in [2.05, 4.69) is 22.0 Å². The van der Waals surface area contributed by atoms with Gasteiger partial charge in [0.15, 0.2) is 5.96 Å². The minimum Gasteiger partial charge on any atom is -0.357 e. The molecule has 2 saturated carbocycles. The van der Waals surface area contributed by atoms with Crippen molar-refractivity contribution in [2.75, 3.05) is 39.3 Å². The van der Waals surface area contributed by atoms with Crippen LogP contribution in [0.3, 0.4) is 0 Å². The lowest BCUT2D eigenvalue weighted by atomic mass is 9.82. The maximum Gasteiger partial charge on any atom is 0.193 e. The summed E-state index contributed by atoms with van der Waals surface area (Å²) in [4.78, 5) is 10.3. The van der Waals surface area contributed by atoms with Crippen LogP contribution in [0.2, 0.25) is 0 Å². The van der Waals surface area contributed by atoms with Crippen LogP contribution in [0.4, 0.5) is 0 Å². The highest BCUT2D eigenvalue weighted by Crippen LogP contribution is 2.36. The summed E-state index contributed by atoms with van der Waals surface area (Å²) in [6, 6.07) is 0.930. The van der Waals surface area contributed by atoms with Crippen molar-refractivity contribution in [3.8, 4) is 0 Å². The fraction of sp³-hybridized carbons (Fsp3) is 0.947. The van der Waals surface area contributed by atoms with Crippen LogP contribution in [-0.2, 0) is 0 Å². The van der Waals surface area contributed by atoms with Crippen molar-refractivity contribution in [3.05, 3.63) is 0 Å². The van der Waals surface area contributed by atoms with Gasteiger partial charge in [0.1, 0.15) is 0 Å². The van der Waals surface area contributed by atoms with Crippen LogP contribution in [0.15, 0.2) is 4.99 Å². The van der Waals surface area contributed by atoms with Gasteiger partial charge in [-0.25, -0.2) is 0 Å². The second kappa shape index (κ2) is 7.00. The second-order valence-electron chi connectivity index (χ2n) is 8.29. The molecule has 2 heterocycles. The lowest BCUT2D eigenvalue weighted by molar-refractivity contribution is 0.299. The molecule has 3 unspecified atom stereocenters. The highest BCUT2D eigenvalue weighted by Gasteiger charge is 2.36. The molecule has 4 fully saturated rings. The van der Waals surface area contributed by atoms with Crippen LogP contribution in [0, 0.1) is 17.8 Å². The molecule has 3 atom stereocenters. The summed E-state index contributed by atoms with van der Waals surface area (Å²) in [5, 5.41) is 3.57. The second-order valence-corrected chi connectivity index (χ2v) is 8.29. The molecule has 1 N–H and O–H groups in total. The van der Waals surface area contributed by atoms with E-state index in [0.29, 0.717) is 0 Å². The van der Waals surface area contributed by atoms with Gasteiger partial charge in [-0.3, -0.25) is 4.99 Å². The van der Waals surface area contributed by atoms with Gasteiger partial charge in [0, 0.05) is 38.8 Å². The molecule has 0 spiro atoms. The zero-order valence-corrected chi connectivity index (χ0v) is 14.8. The molecule has 0 aromatic rings. The Bertz CT molecular complexity index is 417. The summed E-state index contributed by atoms with van der Waals surface area (Å²) in [5.74, 6) is 3.86. The first kappa shape index (κ1) is 15.7. The number of nitrogens with zero attached hydrogens (tertiary/aromatic N) is 3. The Hall–Kier alpha value is -0.770. The molecule has 0 aromatic heterocycles. The van der Waals surface area contributed by atoms with Gasteiger partial charge in [-0.05, 0) is 63.3 Å². The third-order valence-electron chi connectivity index (χ3n) is 6.49. The Morgan fingerprint density at radius 1 is 1.00 bits per heavy atom. The molecule has 0 amide bonds. The molecule has 0 radical (unpaired) electrons. The van der Waals surface area contributed by atoms with Gasteiger partial charge in [-0.2, -0.15) is 0 Å². The van der Waals surface area contributed by atoms with Crippen LogP contribution in [0.1, 0.15) is 51.9 Å². The summed E-state index contributed by atoms with van der Waals surface area (Å²) >= 11 is 0. The molecule has 2 aliphatic carbocycles. The Balaban J connectivity index is 1.33. The van der Waals surface area contributed by atoms with Crippen LogP contribution >= 0.6 is 0 Å². The summed E-state index contributed by atoms with van der Waals surface area (Å²) in [5.41, 5.74) is 0. The van der Waals surface area contributed by atoms with E-state index >= 15 is 0 Å². The molecular formula is C19H34N4. The molecule has 2 saturated heterocycles. The molecule has 23 heavy (non-hydrogen) atoms. The minimum atomic E-state index is 0.786. The average Bonchev–Trinajstić information content (AvgIpc) is 3.16. The quantitative estimate of drug-likeness (QED) is 0.638. The van der Waals surface area contributed by atoms with Gasteiger partial charge in [0.2, 0.25) is 0 Å². The number of hydrogen-bond donors (Lipinski definition) is 1. The predicted octanol–water partition coefficient (Wildman–Crippen LogP) is 2.56. The smallest absolute Gasteiger partial charge is 0.193 e. The van der Waals surface area contributed by atoms with Gasteiger partial charge in [0.05, 0.1) is 0 Å². The number of rotatable bonds is 4. The van der Waals surface area contributed by atoms with Crippen molar-refractivity contribution in [3.63, 3.8) is 0 Å². The molecule has 4 heteroatoms. The maximum atomic E-state index is 5.05. The molecule has 130 valence electrons. The summed E-state index contributed by atoms with van der Waals surface area (Å²) in [6.45, 7) is 9.31. The molecule has 0 aromatic carbocycles. The van der Waals surface area contributed by atoms with Crippen molar-refractivity contribution in [2.24, 2.45) is 22.7 Å². The Kier molecular flexibility index (Phi) is 4.79. The van der Waals surface area contributed by atoms with Crippen molar-refractivity contribution >= 4 is 5.96 Å². The number of aliphatic imine (C=N–C) groups is 1. The zero-order chi connectivity index (χ0) is 15.6. The third-order valence-corrected chi connectivity index (χ3v) is 6.49. The van der Waals surface area contributed by atoms with E-state index in [1.54, 1.807) is 0 Å². The minimum absolute atomic E-state index is 0.786. The Labute approximate surface area is 141 Å². The van der Waals surface area contributed by atoms with Crippen molar-refractivity contribution < 1.29 is 0 Å². The molecule has 2 aliphatic heterocycles. The van der Waals surface area contributed by atoms with Crippen LogP contribution in [0.5, 0.6) is 0 Å². The van der Waals surface area contributed by atoms with E-state index < -0.39 is 0 Å². The van der Waals surface area contributed by atoms with Crippen LogP contribution in [-0.4, -0.2) is 61.1 Å². The highest BCUT2D eigenvalue weighted by atomic mass is 15.3. The first-order valence-corrected chi connectivity index (χ1v) is 10.1. The van der Waals surface area contributed by atoms with Crippen molar-refractivity contribution in [1.82, 2.24) is 15.1 Å². The van der Waals surface area contributed by atoms with Crippen LogP contribution < -0.4 is 5.32 Å². The number of nitrogens with one attached hydrogen (secondary N) is 1. The fourth-order valence-corrected chi connectivity index (χ4v) is 5.00. The van der Waals surface area contributed by atoms with Gasteiger partial charge in [-0.1, -0.05) is 12.8 Å². The first-order valence-electron chi connectivity index (χ1n) is 10.1. The molecule has 4 rings (SSSR count). The summed E-state index contributed by atoms with van der Waals surface area (Å²) in [7, 11) is 0. The third kappa shape index (κ3) is 3.67. The fourth-order valence-electron chi connectivity index (χ4n) is 5.00. The molecule has 0 bridgehead atoms. The lowest BCUT2D eigenvalue weighted by Gasteiger charge is -2.22. The lowest BCUT2D eigenvalue weighted by Crippen LogP contribution is -2.40. The van der Waals surface area contributed by atoms with Gasteiger partial charge in [0.25, 0.3) is 0 Å². The van der Waals surface area contributed by atoms with E-state index in [9.17, 15) is 0 Å². The Morgan fingerprint density at radius 3 is 2.39 bits per heavy atom. The number of likely N-dealkylation sites (tertiary alicyclic amines) is 2. The first-order chi connectivity index (χ1) is 11.3. The topological polar surface area (TPSA) is 30.9 Å². The van der Waals surface area contributed by atoms with Gasteiger partial charge in [-0.15, -0.1) is 0 Å². The molecule has 4 nitrogen and oxygen atoms in total. The molecule has 4 aliphatic rings. The normalized spacial score (nSPS) is 35.6. The zero-order valence-electron chi connectivity index (χ0n) is 14.8. The van der Waals surface area contributed by atoms with Gasteiger partial charge < -0.3 is 15.1 Å². The van der Waals surface area contributed by atoms with Crippen molar-refractivity contribution in [2.45, 2.75) is 57.9 Å². The maximum absolute atomic E-state index is 5.05. The number of fused-ring (bicyclic) bond motifs is 1. The SMILES string of the molecule is CCNC(=NCC1CCN(C2CC2)C1)N1CC2CCCCC2C1.